The molecule has 0 unspecified atom stereocenters. The number of sulfonamides is 1. The highest BCUT2D eigenvalue weighted by Crippen LogP contribution is 2.25. The average Bonchev–Trinajstić information content (AvgIpc) is 3.12. The standard InChI is InChI=1S/C21H20N2O5S/c1-27-18-8-4-7-17(12-18)23-14-19(28-21(23)24)13-22-29(25,26)20-10-9-15-5-2-3-6-16(15)11-20/h2-12,19,22H,13-14H2,1H3/t19-/m0/s1. The van der Waals surface area contributed by atoms with Gasteiger partial charge in [-0.15, -0.1) is 0 Å². The third kappa shape index (κ3) is 4.03. The second-order valence-electron chi connectivity index (χ2n) is 6.68. The van der Waals surface area contributed by atoms with Crippen molar-refractivity contribution >= 4 is 32.6 Å². The highest BCUT2D eigenvalue weighted by Gasteiger charge is 2.33. The first kappa shape index (κ1) is 19.2. The van der Waals surface area contributed by atoms with Crippen LogP contribution < -0.4 is 14.4 Å². The Morgan fingerprint density at radius 2 is 1.86 bits per heavy atom. The molecular weight excluding hydrogens is 392 g/mol. The van der Waals surface area contributed by atoms with E-state index in [0.717, 1.165) is 10.8 Å². The minimum Gasteiger partial charge on any atom is -0.497 e. The lowest BCUT2D eigenvalue weighted by Crippen LogP contribution is -2.34. The predicted molar refractivity (Wildman–Crippen MR) is 110 cm³/mol. The van der Waals surface area contributed by atoms with Crippen LogP contribution in [0.2, 0.25) is 0 Å². The summed E-state index contributed by atoms with van der Waals surface area (Å²) in [6.45, 7) is 0.230. The van der Waals surface area contributed by atoms with Crippen molar-refractivity contribution in [3.63, 3.8) is 0 Å². The zero-order valence-corrected chi connectivity index (χ0v) is 16.6. The molecule has 3 aromatic rings. The number of benzene rings is 3. The van der Waals surface area contributed by atoms with E-state index in [9.17, 15) is 13.2 Å². The molecular formula is C21H20N2O5S. The van der Waals surface area contributed by atoms with Crippen molar-refractivity contribution in [3.8, 4) is 5.75 Å². The molecule has 7 nitrogen and oxygen atoms in total. The number of ether oxygens (including phenoxy) is 2. The van der Waals surface area contributed by atoms with Crippen LogP contribution >= 0.6 is 0 Å². The van der Waals surface area contributed by atoms with Gasteiger partial charge in [-0.3, -0.25) is 4.90 Å². The molecule has 0 saturated carbocycles. The van der Waals surface area contributed by atoms with E-state index in [1.165, 1.54) is 4.90 Å². The van der Waals surface area contributed by atoms with Crippen LogP contribution in [0, 0.1) is 0 Å². The molecule has 8 heteroatoms. The SMILES string of the molecule is COc1cccc(N2C[C@H](CNS(=O)(=O)c3ccc4ccccc4c3)OC2=O)c1. The lowest BCUT2D eigenvalue weighted by molar-refractivity contribution is 0.143. The second kappa shape index (κ2) is 7.73. The second-order valence-corrected chi connectivity index (χ2v) is 8.45. The smallest absolute Gasteiger partial charge is 0.414 e. The zero-order valence-electron chi connectivity index (χ0n) is 15.7. The van der Waals surface area contributed by atoms with Crippen LogP contribution in [0.25, 0.3) is 10.8 Å². The van der Waals surface area contributed by atoms with Gasteiger partial charge in [0.1, 0.15) is 11.9 Å². The Balaban J connectivity index is 1.44. The molecule has 3 aromatic carbocycles. The summed E-state index contributed by atoms with van der Waals surface area (Å²) >= 11 is 0. The van der Waals surface area contributed by atoms with E-state index < -0.39 is 22.2 Å². The van der Waals surface area contributed by atoms with E-state index >= 15 is 0 Å². The molecule has 4 rings (SSSR count). The highest BCUT2D eigenvalue weighted by molar-refractivity contribution is 7.89. The number of hydrogen-bond donors (Lipinski definition) is 1. The van der Waals surface area contributed by atoms with Crippen LogP contribution in [0.15, 0.2) is 71.6 Å². The van der Waals surface area contributed by atoms with Crippen LogP contribution in [0.4, 0.5) is 10.5 Å². The lowest BCUT2D eigenvalue weighted by Gasteiger charge is -2.14. The number of hydrogen-bond acceptors (Lipinski definition) is 5. The molecule has 0 aliphatic carbocycles. The summed E-state index contributed by atoms with van der Waals surface area (Å²) in [4.78, 5) is 13.8. The van der Waals surface area contributed by atoms with E-state index in [1.807, 2.05) is 24.3 Å². The topological polar surface area (TPSA) is 84.9 Å². The van der Waals surface area contributed by atoms with Gasteiger partial charge in [0, 0.05) is 12.6 Å². The van der Waals surface area contributed by atoms with Crippen LogP contribution in [-0.4, -0.2) is 40.8 Å². The minimum atomic E-state index is -3.73. The average molecular weight is 412 g/mol. The summed E-state index contributed by atoms with van der Waals surface area (Å²) in [5, 5.41) is 1.80. The van der Waals surface area contributed by atoms with Gasteiger partial charge in [0.15, 0.2) is 0 Å². The first-order chi connectivity index (χ1) is 14.0. The van der Waals surface area contributed by atoms with Gasteiger partial charge in [-0.05, 0) is 35.0 Å². The van der Waals surface area contributed by atoms with Gasteiger partial charge in [-0.2, -0.15) is 0 Å². The summed E-state index contributed by atoms with van der Waals surface area (Å²) in [5.41, 5.74) is 0.634. The third-order valence-electron chi connectivity index (χ3n) is 4.77. The quantitative estimate of drug-likeness (QED) is 0.672. The summed E-state index contributed by atoms with van der Waals surface area (Å²) in [5.74, 6) is 0.621. The molecule has 1 aliphatic heterocycles. The monoisotopic (exact) mass is 412 g/mol. The molecule has 1 amide bonds. The Kier molecular flexibility index (Phi) is 5.12. The van der Waals surface area contributed by atoms with Gasteiger partial charge in [0.05, 0.1) is 24.2 Å². The molecule has 1 aliphatic rings. The summed E-state index contributed by atoms with van der Waals surface area (Å²) in [6, 6.07) is 19.5. The molecule has 0 bridgehead atoms. The highest BCUT2D eigenvalue weighted by atomic mass is 32.2. The maximum atomic E-state index is 12.7. The summed E-state index contributed by atoms with van der Waals surface area (Å²) < 4.78 is 38.4. The van der Waals surface area contributed by atoms with Crippen molar-refractivity contribution < 1.29 is 22.7 Å². The molecule has 29 heavy (non-hydrogen) atoms. The van der Waals surface area contributed by atoms with Crippen molar-refractivity contribution in [3.05, 3.63) is 66.7 Å². The Morgan fingerprint density at radius 1 is 1.07 bits per heavy atom. The molecule has 150 valence electrons. The molecule has 1 fully saturated rings. The van der Waals surface area contributed by atoms with Gasteiger partial charge in [0.25, 0.3) is 0 Å². The maximum Gasteiger partial charge on any atom is 0.414 e. The largest absolute Gasteiger partial charge is 0.497 e. The first-order valence-electron chi connectivity index (χ1n) is 9.07. The fraction of sp³-hybridized carbons (Fsp3) is 0.190. The van der Waals surface area contributed by atoms with Crippen molar-refractivity contribution in [1.29, 1.82) is 0 Å². The van der Waals surface area contributed by atoms with Crippen molar-refractivity contribution in [1.82, 2.24) is 4.72 Å². The Morgan fingerprint density at radius 3 is 2.66 bits per heavy atom. The van der Waals surface area contributed by atoms with E-state index in [4.69, 9.17) is 9.47 Å². The van der Waals surface area contributed by atoms with Gasteiger partial charge in [-0.1, -0.05) is 36.4 Å². The van der Waals surface area contributed by atoms with Gasteiger partial charge in [-0.25, -0.2) is 17.9 Å². The molecule has 0 aromatic heterocycles. The number of cyclic esters (lactones) is 1. The van der Waals surface area contributed by atoms with Crippen molar-refractivity contribution in [2.75, 3.05) is 25.1 Å². The Labute approximate surface area is 168 Å². The number of nitrogens with zero attached hydrogens (tertiary/aromatic N) is 1. The van der Waals surface area contributed by atoms with E-state index in [1.54, 1.807) is 49.6 Å². The van der Waals surface area contributed by atoms with Gasteiger partial charge < -0.3 is 9.47 Å². The van der Waals surface area contributed by atoms with Crippen LogP contribution in [0.3, 0.4) is 0 Å². The molecule has 0 radical (unpaired) electrons. The number of methoxy groups -OCH3 is 1. The van der Waals surface area contributed by atoms with E-state index in [2.05, 4.69) is 4.72 Å². The fourth-order valence-corrected chi connectivity index (χ4v) is 4.34. The van der Waals surface area contributed by atoms with E-state index in [0.29, 0.717) is 11.4 Å². The number of nitrogens with one attached hydrogen (secondary N) is 1. The van der Waals surface area contributed by atoms with Crippen LogP contribution in [-0.2, 0) is 14.8 Å². The first-order valence-corrected chi connectivity index (χ1v) is 10.6. The number of rotatable bonds is 6. The van der Waals surface area contributed by atoms with Crippen molar-refractivity contribution in [2.24, 2.45) is 0 Å². The van der Waals surface area contributed by atoms with Gasteiger partial charge >= 0.3 is 6.09 Å². The lowest BCUT2D eigenvalue weighted by atomic mass is 10.1. The molecule has 1 heterocycles. The molecule has 1 atom stereocenters. The Hall–Kier alpha value is -3.10. The molecule has 0 spiro atoms. The minimum absolute atomic E-state index is 0.0125. The third-order valence-corrected chi connectivity index (χ3v) is 6.19. The number of fused-ring (bicyclic) bond motifs is 1. The number of anilines is 1. The normalized spacial score (nSPS) is 16.8. The van der Waals surface area contributed by atoms with Gasteiger partial charge in [0.2, 0.25) is 10.0 Å². The number of carbonyl (C=O) groups excluding carboxylic acids is 1. The zero-order chi connectivity index (χ0) is 20.4. The fourth-order valence-electron chi connectivity index (χ4n) is 3.24. The summed E-state index contributed by atoms with van der Waals surface area (Å²) in [7, 11) is -2.18. The maximum absolute atomic E-state index is 12.7. The predicted octanol–water partition coefficient (Wildman–Crippen LogP) is 3.15. The molecule has 1 saturated heterocycles. The van der Waals surface area contributed by atoms with Crippen LogP contribution in [0.1, 0.15) is 0 Å². The number of carbonyl (C=O) groups is 1. The summed E-state index contributed by atoms with van der Waals surface area (Å²) in [6.07, 6.45) is -1.11. The van der Waals surface area contributed by atoms with Crippen LogP contribution in [0.5, 0.6) is 5.75 Å². The number of amides is 1. The Bertz CT molecular complexity index is 1160. The van der Waals surface area contributed by atoms with E-state index in [-0.39, 0.29) is 18.0 Å². The molecule has 1 N–H and O–H groups in total. The van der Waals surface area contributed by atoms with Crippen molar-refractivity contribution in [2.45, 2.75) is 11.0 Å².